The van der Waals surface area contributed by atoms with E-state index in [1.54, 1.807) is 24.3 Å². The number of Topliss-reactive ketones (excluding diaryl/α,β-unsaturated/α-hetero) is 1. The van der Waals surface area contributed by atoms with Crippen LogP contribution >= 0.6 is 27.7 Å². The van der Waals surface area contributed by atoms with Crippen molar-refractivity contribution in [1.29, 1.82) is 0 Å². The van der Waals surface area contributed by atoms with Crippen LogP contribution < -0.4 is 5.73 Å². The Morgan fingerprint density at radius 3 is 2.58 bits per heavy atom. The highest BCUT2D eigenvalue weighted by molar-refractivity contribution is 9.10. The fourth-order valence-electron chi connectivity index (χ4n) is 2.96. The number of hydrogen-bond acceptors (Lipinski definition) is 6. The summed E-state index contributed by atoms with van der Waals surface area (Å²) in [4.78, 5) is 38.0. The summed E-state index contributed by atoms with van der Waals surface area (Å²) in [6.45, 7) is 3.40. The monoisotopic (exact) mass is 412 g/mol. The molecule has 1 aromatic carbocycles. The van der Waals surface area contributed by atoms with Crippen LogP contribution in [0, 0.1) is 0 Å². The molecule has 2 heterocycles. The molecule has 0 bridgehead atoms. The molecule has 1 aromatic rings. The first-order valence-corrected chi connectivity index (χ1v) is 9.10. The van der Waals surface area contributed by atoms with Crippen LogP contribution in [-0.4, -0.2) is 51.4 Å². The maximum atomic E-state index is 12.5. The number of carbonyl (C=O) groups excluding carboxylic acids is 3. The second-order valence-electron chi connectivity index (χ2n) is 6.32. The van der Waals surface area contributed by atoms with Gasteiger partial charge in [0.15, 0.2) is 12.4 Å². The smallest absolute Gasteiger partial charge is 0.330 e. The lowest BCUT2D eigenvalue weighted by Crippen LogP contribution is -2.68. The summed E-state index contributed by atoms with van der Waals surface area (Å²) in [6, 6.07) is 5.51. The number of hydrogen-bond donors (Lipinski definition) is 1. The number of thioether (sulfide) groups is 1. The van der Waals surface area contributed by atoms with E-state index >= 15 is 0 Å². The Labute approximate surface area is 152 Å². The number of ketones is 1. The predicted octanol–water partition coefficient (Wildman–Crippen LogP) is 1.56. The second kappa shape index (κ2) is 6.16. The average Bonchev–Trinajstić information content (AvgIpc) is 2.81. The van der Waals surface area contributed by atoms with Crippen LogP contribution in [0.2, 0.25) is 0 Å². The van der Waals surface area contributed by atoms with Gasteiger partial charge in [-0.15, -0.1) is 11.8 Å². The van der Waals surface area contributed by atoms with Crippen molar-refractivity contribution < 1.29 is 19.1 Å². The number of nitrogens with zero attached hydrogens (tertiary/aromatic N) is 1. The van der Waals surface area contributed by atoms with E-state index in [0.29, 0.717) is 5.56 Å². The van der Waals surface area contributed by atoms with Crippen molar-refractivity contribution in [3.63, 3.8) is 0 Å². The largest absolute Gasteiger partial charge is 0.456 e. The van der Waals surface area contributed by atoms with Crippen LogP contribution in [0.4, 0.5) is 0 Å². The van der Waals surface area contributed by atoms with Crippen molar-refractivity contribution in [3.8, 4) is 0 Å². The van der Waals surface area contributed by atoms with E-state index < -0.39 is 22.8 Å². The number of fused-ring (bicyclic) bond motifs is 1. The van der Waals surface area contributed by atoms with Crippen LogP contribution in [0.5, 0.6) is 0 Å². The molecule has 0 aliphatic carbocycles. The van der Waals surface area contributed by atoms with Crippen molar-refractivity contribution in [3.05, 3.63) is 34.3 Å². The molecule has 0 spiro atoms. The molecular weight excluding hydrogens is 396 g/mol. The Kier molecular flexibility index (Phi) is 4.48. The first-order chi connectivity index (χ1) is 11.2. The summed E-state index contributed by atoms with van der Waals surface area (Å²) in [5, 5.41) is -0.202. The molecule has 6 nitrogen and oxygen atoms in total. The van der Waals surface area contributed by atoms with Crippen LogP contribution in [0.1, 0.15) is 24.2 Å². The third-order valence-corrected chi connectivity index (χ3v) is 6.34. The Balaban J connectivity index is 1.65. The molecule has 1 amide bonds. The Hall–Kier alpha value is -1.38. The molecular formula is C16H17BrN2O4S. The maximum Gasteiger partial charge on any atom is 0.330 e. The molecule has 0 unspecified atom stereocenters. The Morgan fingerprint density at radius 1 is 1.33 bits per heavy atom. The number of nitrogens with two attached hydrogens (primary N) is 1. The van der Waals surface area contributed by atoms with Gasteiger partial charge in [-0.2, -0.15) is 0 Å². The summed E-state index contributed by atoms with van der Waals surface area (Å²) in [5.41, 5.74) is 6.24. The first kappa shape index (κ1) is 17.4. The maximum absolute atomic E-state index is 12.5. The van der Waals surface area contributed by atoms with Gasteiger partial charge in [-0.1, -0.05) is 28.1 Å². The van der Waals surface area contributed by atoms with Gasteiger partial charge in [-0.25, -0.2) is 4.79 Å². The van der Waals surface area contributed by atoms with E-state index in [1.165, 1.54) is 16.7 Å². The van der Waals surface area contributed by atoms with Crippen molar-refractivity contribution >= 4 is 45.4 Å². The quantitative estimate of drug-likeness (QED) is 0.458. The van der Waals surface area contributed by atoms with Crippen LogP contribution in [0.15, 0.2) is 28.7 Å². The highest BCUT2D eigenvalue weighted by Gasteiger charge is 2.63. The zero-order chi connectivity index (χ0) is 17.6. The number of halogens is 1. The molecule has 2 saturated heterocycles. The third kappa shape index (κ3) is 2.87. The minimum absolute atomic E-state index is 0.202. The molecule has 0 saturated carbocycles. The van der Waals surface area contributed by atoms with Gasteiger partial charge in [-0.3, -0.25) is 9.59 Å². The SMILES string of the molecule is CC1(C)S[C@@H]2[C@H](N)C(=O)N2[C@H]1C(=O)OCC(=O)c1ccc(Br)cc1. The third-order valence-electron chi connectivity index (χ3n) is 4.22. The number of amides is 1. The fourth-order valence-corrected chi connectivity index (χ4v) is 4.78. The van der Waals surface area contributed by atoms with Crippen molar-refractivity contribution in [1.82, 2.24) is 4.90 Å². The van der Waals surface area contributed by atoms with E-state index in [0.717, 1.165) is 4.47 Å². The van der Waals surface area contributed by atoms with Gasteiger partial charge < -0.3 is 15.4 Å². The van der Waals surface area contributed by atoms with Crippen LogP contribution in [-0.2, 0) is 14.3 Å². The van der Waals surface area contributed by atoms with Crippen molar-refractivity contribution in [2.75, 3.05) is 6.61 Å². The average molecular weight is 413 g/mol. The van der Waals surface area contributed by atoms with Crippen LogP contribution in [0.25, 0.3) is 0 Å². The van der Waals surface area contributed by atoms with E-state index in [9.17, 15) is 14.4 Å². The lowest BCUT2D eigenvalue weighted by Gasteiger charge is -2.41. The summed E-state index contributed by atoms with van der Waals surface area (Å²) in [6.07, 6.45) is 0. The van der Waals surface area contributed by atoms with Gasteiger partial charge in [-0.05, 0) is 26.0 Å². The van der Waals surface area contributed by atoms with Crippen molar-refractivity contribution in [2.45, 2.75) is 36.1 Å². The number of esters is 1. The summed E-state index contributed by atoms with van der Waals surface area (Å²) >= 11 is 4.78. The molecule has 24 heavy (non-hydrogen) atoms. The highest BCUT2D eigenvalue weighted by atomic mass is 79.9. The summed E-state index contributed by atoms with van der Waals surface area (Å²) < 4.78 is 5.55. The second-order valence-corrected chi connectivity index (χ2v) is 9.01. The predicted molar refractivity (Wildman–Crippen MR) is 93.5 cm³/mol. The Bertz CT molecular complexity index is 707. The zero-order valence-electron chi connectivity index (χ0n) is 13.2. The number of ether oxygens (including phenoxy) is 1. The van der Waals surface area contributed by atoms with Gasteiger partial charge in [0.1, 0.15) is 17.5 Å². The molecule has 0 aromatic heterocycles. The van der Waals surface area contributed by atoms with Crippen molar-refractivity contribution in [2.24, 2.45) is 5.73 Å². The Morgan fingerprint density at radius 2 is 1.96 bits per heavy atom. The van der Waals surface area contributed by atoms with Gasteiger partial charge in [0.25, 0.3) is 0 Å². The van der Waals surface area contributed by atoms with Gasteiger partial charge in [0.2, 0.25) is 5.91 Å². The molecule has 2 aliphatic rings. The minimum Gasteiger partial charge on any atom is -0.456 e. The lowest BCUT2D eigenvalue weighted by atomic mass is 9.96. The minimum atomic E-state index is -0.725. The van der Waals surface area contributed by atoms with Crippen LogP contribution in [0.3, 0.4) is 0 Å². The van der Waals surface area contributed by atoms with E-state index in [4.69, 9.17) is 10.5 Å². The standard InChI is InChI=1S/C16H17BrN2O4S/c1-16(2)12(19-13(21)11(18)14(19)24-16)15(22)23-7-10(20)8-3-5-9(17)6-4-8/h3-6,11-12,14H,7,18H2,1-2H3/t11-,12+,14-/m1/s1. The topological polar surface area (TPSA) is 89.7 Å². The van der Waals surface area contributed by atoms with E-state index in [-0.39, 0.29) is 23.7 Å². The summed E-state index contributed by atoms with van der Waals surface area (Å²) in [5.74, 6) is -1.11. The fraction of sp³-hybridized carbons (Fsp3) is 0.438. The molecule has 2 N–H and O–H groups in total. The molecule has 2 fully saturated rings. The number of rotatable bonds is 4. The van der Waals surface area contributed by atoms with E-state index in [2.05, 4.69) is 15.9 Å². The molecule has 128 valence electrons. The molecule has 2 aliphatic heterocycles. The van der Waals surface area contributed by atoms with Gasteiger partial charge >= 0.3 is 5.97 Å². The summed E-state index contributed by atoms with van der Waals surface area (Å²) in [7, 11) is 0. The number of β-lactam (4-membered cyclic amide) rings is 1. The number of carbonyl (C=O) groups is 3. The molecule has 8 heteroatoms. The van der Waals surface area contributed by atoms with Gasteiger partial charge in [0.05, 0.1) is 0 Å². The zero-order valence-corrected chi connectivity index (χ0v) is 15.6. The van der Waals surface area contributed by atoms with E-state index in [1.807, 2.05) is 13.8 Å². The molecule has 3 atom stereocenters. The molecule has 0 radical (unpaired) electrons. The normalized spacial score (nSPS) is 27.4. The highest BCUT2D eigenvalue weighted by Crippen LogP contribution is 2.50. The number of benzene rings is 1. The first-order valence-electron chi connectivity index (χ1n) is 7.43. The lowest BCUT2D eigenvalue weighted by molar-refractivity contribution is -0.162. The van der Waals surface area contributed by atoms with Gasteiger partial charge in [0, 0.05) is 14.8 Å². The molecule has 3 rings (SSSR count).